The van der Waals surface area contributed by atoms with Crippen LogP contribution in [0.3, 0.4) is 0 Å². The van der Waals surface area contributed by atoms with Crippen LogP contribution in [0.25, 0.3) is 22.3 Å². The zero-order valence-electron chi connectivity index (χ0n) is 10.7. The van der Waals surface area contributed by atoms with Crippen molar-refractivity contribution in [3.05, 3.63) is 52.3 Å². The maximum Gasteiger partial charge on any atom is 0.162 e. The van der Waals surface area contributed by atoms with Gasteiger partial charge in [0.05, 0.1) is 5.52 Å². The second-order valence-electron chi connectivity index (χ2n) is 4.56. The van der Waals surface area contributed by atoms with Crippen LogP contribution >= 0.6 is 15.9 Å². The fourth-order valence-electron chi connectivity index (χ4n) is 1.99. The predicted octanol–water partition coefficient (Wildman–Crippen LogP) is 4.09. The number of nitrogens with two attached hydrogens (primary N) is 1. The first-order chi connectivity index (χ1) is 9.54. The minimum Gasteiger partial charge on any atom is -0.383 e. The number of anilines is 1. The molecule has 2 N–H and O–H groups in total. The van der Waals surface area contributed by atoms with Gasteiger partial charge < -0.3 is 5.73 Å². The third-order valence-electron chi connectivity index (χ3n) is 3.12. The summed E-state index contributed by atoms with van der Waals surface area (Å²) in [4.78, 5) is 8.70. The SMILES string of the molecule is Cc1ccc(-c2nc(N)c3cc(Br)ccc3n2)cc1F. The maximum absolute atomic E-state index is 13.6. The topological polar surface area (TPSA) is 51.8 Å². The third-order valence-corrected chi connectivity index (χ3v) is 3.61. The molecule has 2 aromatic carbocycles. The van der Waals surface area contributed by atoms with E-state index in [-0.39, 0.29) is 5.82 Å². The van der Waals surface area contributed by atoms with Crippen molar-refractivity contribution in [2.75, 3.05) is 5.73 Å². The molecule has 3 aromatic rings. The van der Waals surface area contributed by atoms with Crippen LogP contribution in [-0.2, 0) is 0 Å². The van der Waals surface area contributed by atoms with Crippen LogP contribution in [0.4, 0.5) is 10.2 Å². The second-order valence-corrected chi connectivity index (χ2v) is 5.47. The molecule has 20 heavy (non-hydrogen) atoms. The Kier molecular flexibility index (Phi) is 3.14. The highest BCUT2D eigenvalue weighted by atomic mass is 79.9. The number of hydrogen-bond donors (Lipinski definition) is 1. The van der Waals surface area contributed by atoms with E-state index in [2.05, 4.69) is 25.9 Å². The van der Waals surface area contributed by atoms with Crippen LogP contribution in [-0.4, -0.2) is 9.97 Å². The van der Waals surface area contributed by atoms with Crippen molar-refractivity contribution in [1.29, 1.82) is 0 Å². The Morgan fingerprint density at radius 2 is 1.90 bits per heavy atom. The van der Waals surface area contributed by atoms with E-state index in [0.29, 0.717) is 22.8 Å². The Bertz CT molecular complexity index is 818. The van der Waals surface area contributed by atoms with Gasteiger partial charge in [0, 0.05) is 15.4 Å². The Balaban J connectivity index is 2.21. The van der Waals surface area contributed by atoms with Crippen molar-refractivity contribution < 1.29 is 4.39 Å². The Morgan fingerprint density at radius 3 is 2.65 bits per heavy atom. The maximum atomic E-state index is 13.6. The molecule has 0 saturated carbocycles. The molecule has 0 fully saturated rings. The number of nitrogens with zero attached hydrogens (tertiary/aromatic N) is 2. The molecule has 100 valence electrons. The first kappa shape index (κ1) is 13.0. The minimum atomic E-state index is -0.277. The molecule has 0 atom stereocenters. The van der Waals surface area contributed by atoms with Gasteiger partial charge in [0.2, 0.25) is 0 Å². The van der Waals surface area contributed by atoms with E-state index in [9.17, 15) is 4.39 Å². The quantitative estimate of drug-likeness (QED) is 0.730. The number of rotatable bonds is 1. The van der Waals surface area contributed by atoms with E-state index in [0.717, 1.165) is 15.4 Å². The summed E-state index contributed by atoms with van der Waals surface area (Å²) < 4.78 is 14.6. The summed E-state index contributed by atoms with van der Waals surface area (Å²) in [6.45, 7) is 1.71. The first-order valence-corrected chi connectivity index (χ1v) is 6.83. The van der Waals surface area contributed by atoms with E-state index >= 15 is 0 Å². The van der Waals surface area contributed by atoms with E-state index < -0.39 is 0 Å². The smallest absolute Gasteiger partial charge is 0.162 e. The summed E-state index contributed by atoms with van der Waals surface area (Å²) >= 11 is 3.39. The van der Waals surface area contributed by atoms with Crippen molar-refractivity contribution >= 4 is 32.7 Å². The molecular weight excluding hydrogens is 321 g/mol. The second kappa shape index (κ2) is 4.83. The van der Waals surface area contributed by atoms with Gasteiger partial charge >= 0.3 is 0 Å². The van der Waals surface area contributed by atoms with Crippen molar-refractivity contribution in [2.45, 2.75) is 6.92 Å². The monoisotopic (exact) mass is 331 g/mol. The molecule has 0 aliphatic rings. The lowest BCUT2D eigenvalue weighted by molar-refractivity contribution is 0.619. The molecule has 0 bridgehead atoms. The van der Waals surface area contributed by atoms with Crippen molar-refractivity contribution in [1.82, 2.24) is 9.97 Å². The molecule has 0 aliphatic carbocycles. The van der Waals surface area contributed by atoms with Crippen LogP contribution in [0.1, 0.15) is 5.56 Å². The average Bonchev–Trinajstić information content (AvgIpc) is 2.42. The Morgan fingerprint density at radius 1 is 1.10 bits per heavy atom. The molecule has 0 amide bonds. The molecule has 0 aliphatic heterocycles. The summed E-state index contributed by atoms with van der Waals surface area (Å²) in [6.07, 6.45) is 0. The predicted molar refractivity (Wildman–Crippen MR) is 81.8 cm³/mol. The summed E-state index contributed by atoms with van der Waals surface area (Å²) in [5, 5.41) is 0.774. The van der Waals surface area contributed by atoms with Gasteiger partial charge in [-0.3, -0.25) is 0 Å². The van der Waals surface area contributed by atoms with Gasteiger partial charge in [-0.2, -0.15) is 0 Å². The van der Waals surface area contributed by atoms with Crippen LogP contribution in [0.15, 0.2) is 40.9 Å². The van der Waals surface area contributed by atoms with Crippen LogP contribution in [0, 0.1) is 12.7 Å². The number of fused-ring (bicyclic) bond motifs is 1. The molecule has 1 aromatic heterocycles. The number of aromatic nitrogens is 2. The van der Waals surface area contributed by atoms with Gasteiger partial charge in [0.25, 0.3) is 0 Å². The van der Waals surface area contributed by atoms with Crippen molar-refractivity contribution in [2.24, 2.45) is 0 Å². The third kappa shape index (κ3) is 2.25. The molecule has 3 nitrogen and oxygen atoms in total. The van der Waals surface area contributed by atoms with Gasteiger partial charge in [0.15, 0.2) is 5.82 Å². The average molecular weight is 332 g/mol. The van der Waals surface area contributed by atoms with Gasteiger partial charge in [-0.05, 0) is 36.8 Å². The fraction of sp³-hybridized carbons (Fsp3) is 0.0667. The van der Waals surface area contributed by atoms with Crippen LogP contribution in [0.2, 0.25) is 0 Å². The number of aryl methyl sites for hydroxylation is 1. The fourth-order valence-corrected chi connectivity index (χ4v) is 2.35. The summed E-state index contributed by atoms with van der Waals surface area (Å²) in [7, 11) is 0. The molecule has 3 rings (SSSR count). The standard InChI is InChI=1S/C15H11BrFN3/c1-8-2-3-9(6-12(8)17)15-19-13-5-4-10(16)7-11(13)14(18)20-15/h2-7H,1H3,(H2,18,19,20). The molecule has 0 saturated heterocycles. The zero-order valence-corrected chi connectivity index (χ0v) is 12.3. The molecule has 5 heteroatoms. The first-order valence-electron chi connectivity index (χ1n) is 6.04. The lowest BCUT2D eigenvalue weighted by Gasteiger charge is -2.07. The summed E-state index contributed by atoms with van der Waals surface area (Å²) in [5.41, 5.74) is 7.90. The van der Waals surface area contributed by atoms with Gasteiger partial charge in [-0.25, -0.2) is 14.4 Å². The van der Waals surface area contributed by atoms with Crippen LogP contribution < -0.4 is 5.73 Å². The van der Waals surface area contributed by atoms with E-state index in [1.54, 1.807) is 19.1 Å². The van der Waals surface area contributed by atoms with E-state index in [4.69, 9.17) is 5.73 Å². The Labute approximate surface area is 123 Å². The minimum absolute atomic E-state index is 0.277. The highest BCUT2D eigenvalue weighted by Gasteiger charge is 2.09. The Hall–Kier alpha value is -2.01. The molecular formula is C15H11BrFN3. The number of benzene rings is 2. The molecule has 0 spiro atoms. The summed E-state index contributed by atoms with van der Waals surface area (Å²) in [6, 6.07) is 10.5. The van der Waals surface area contributed by atoms with Crippen LogP contribution in [0.5, 0.6) is 0 Å². The van der Waals surface area contributed by atoms with Gasteiger partial charge in [-0.1, -0.05) is 28.1 Å². The highest BCUT2D eigenvalue weighted by molar-refractivity contribution is 9.10. The zero-order chi connectivity index (χ0) is 14.3. The lowest BCUT2D eigenvalue weighted by atomic mass is 10.1. The van der Waals surface area contributed by atoms with E-state index in [1.807, 2.05) is 18.2 Å². The molecule has 1 heterocycles. The van der Waals surface area contributed by atoms with Crippen molar-refractivity contribution in [3.63, 3.8) is 0 Å². The number of hydrogen-bond acceptors (Lipinski definition) is 3. The summed E-state index contributed by atoms with van der Waals surface area (Å²) in [5.74, 6) is 0.532. The number of nitrogen functional groups attached to an aromatic ring is 1. The van der Waals surface area contributed by atoms with Gasteiger partial charge in [-0.15, -0.1) is 0 Å². The highest BCUT2D eigenvalue weighted by Crippen LogP contribution is 2.26. The molecule has 0 unspecified atom stereocenters. The largest absolute Gasteiger partial charge is 0.383 e. The molecule has 0 radical (unpaired) electrons. The number of halogens is 2. The van der Waals surface area contributed by atoms with E-state index in [1.165, 1.54) is 6.07 Å². The lowest BCUT2D eigenvalue weighted by Crippen LogP contribution is -1.98. The normalized spacial score (nSPS) is 10.9. The van der Waals surface area contributed by atoms with Crippen molar-refractivity contribution in [3.8, 4) is 11.4 Å². The van der Waals surface area contributed by atoms with Gasteiger partial charge in [0.1, 0.15) is 11.6 Å².